The highest BCUT2D eigenvalue weighted by atomic mass is 16.3. The fraction of sp³-hybridized carbons (Fsp3) is 0.400. The van der Waals surface area contributed by atoms with Gasteiger partial charge >= 0.3 is 0 Å². The van der Waals surface area contributed by atoms with Crippen LogP contribution in [-0.4, -0.2) is 4.98 Å². The topological polar surface area (TPSA) is 38.1 Å². The summed E-state index contributed by atoms with van der Waals surface area (Å²) in [7, 11) is 0. The Labute approximate surface area is 107 Å². The molecule has 0 fully saturated rings. The van der Waals surface area contributed by atoms with Crippen LogP contribution in [0.15, 0.2) is 41.1 Å². The second-order valence-corrected chi connectivity index (χ2v) is 4.90. The van der Waals surface area contributed by atoms with E-state index >= 15 is 0 Å². The number of hydrogen-bond acceptors (Lipinski definition) is 3. The molecule has 0 bridgehead atoms. The van der Waals surface area contributed by atoms with Crippen LogP contribution in [0.1, 0.15) is 48.9 Å². The van der Waals surface area contributed by atoms with Crippen molar-refractivity contribution in [2.24, 2.45) is 0 Å². The first-order valence-corrected chi connectivity index (χ1v) is 6.58. The number of rotatable bonds is 3. The largest absolute Gasteiger partial charge is 0.468 e. The summed E-state index contributed by atoms with van der Waals surface area (Å²) in [5.41, 5.74) is 2.59. The van der Waals surface area contributed by atoms with Crippen molar-refractivity contribution >= 4 is 0 Å². The van der Waals surface area contributed by atoms with Gasteiger partial charge in [-0.2, -0.15) is 0 Å². The van der Waals surface area contributed by atoms with Crippen molar-refractivity contribution in [2.75, 3.05) is 0 Å². The van der Waals surface area contributed by atoms with Gasteiger partial charge in [0.2, 0.25) is 0 Å². The van der Waals surface area contributed by atoms with Gasteiger partial charge in [0.15, 0.2) is 0 Å². The van der Waals surface area contributed by atoms with Crippen LogP contribution in [0.3, 0.4) is 0 Å². The molecule has 2 atom stereocenters. The molecule has 0 aliphatic heterocycles. The van der Waals surface area contributed by atoms with Gasteiger partial charge in [0.1, 0.15) is 5.76 Å². The minimum Gasteiger partial charge on any atom is -0.468 e. The number of nitrogens with one attached hydrogen (secondary N) is 1. The normalized spacial score (nSPS) is 20.4. The highest BCUT2D eigenvalue weighted by Crippen LogP contribution is 2.30. The van der Waals surface area contributed by atoms with Crippen molar-refractivity contribution in [3.8, 4) is 0 Å². The summed E-state index contributed by atoms with van der Waals surface area (Å²) in [6, 6.07) is 8.72. The van der Waals surface area contributed by atoms with Gasteiger partial charge in [0.05, 0.1) is 24.0 Å². The number of fused-ring (bicyclic) bond motifs is 1. The molecule has 0 amide bonds. The van der Waals surface area contributed by atoms with E-state index < -0.39 is 0 Å². The molecule has 1 aliphatic rings. The van der Waals surface area contributed by atoms with Crippen LogP contribution >= 0.6 is 0 Å². The lowest BCUT2D eigenvalue weighted by Gasteiger charge is -2.27. The molecule has 0 radical (unpaired) electrons. The second kappa shape index (κ2) is 4.94. The molecule has 1 unspecified atom stereocenters. The SMILES string of the molecule is C[C@H](NC1CCCc2cccnc21)c1ccco1. The van der Waals surface area contributed by atoms with Crippen LogP contribution < -0.4 is 5.32 Å². The molecule has 0 aromatic carbocycles. The Bertz CT molecular complexity index is 507. The Morgan fingerprint density at radius 3 is 3.17 bits per heavy atom. The maximum absolute atomic E-state index is 5.44. The second-order valence-electron chi connectivity index (χ2n) is 4.90. The van der Waals surface area contributed by atoms with Crippen LogP contribution in [0, 0.1) is 0 Å². The van der Waals surface area contributed by atoms with E-state index in [-0.39, 0.29) is 6.04 Å². The molecule has 1 N–H and O–H groups in total. The predicted molar refractivity (Wildman–Crippen MR) is 70.2 cm³/mol. The Morgan fingerprint density at radius 1 is 1.39 bits per heavy atom. The number of pyridine rings is 1. The summed E-state index contributed by atoms with van der Waals surface area (Å²) in [6.45, 7) is 2.13. The molecule has 2 heterocycles. The number of nitrogens with zero attached hydrogens (tertiary/aromatic N) is 1. The smallest absolute Gasteiger partial charge is 0.120 e. The number of hydrogen-bond donors (Lipinski definition) is 1. The molecule has 2 aromatic heterocycles. The lowest BCUT2D eigenvalue weighted by molar-refractivity contribution is 0.362. The molecule has 18 heavy (non-hydrogen) atoms. The molecule has 3 heteroatoms. The Kier molecular flexibility index (Phi) is 3.15. The van der Waals surface area contributed by atoms with Gasteiger partial charge in [-0.05, 0) is 49.9 Å². The van der Waals surface area contributed by atoms with E-state index in [1.807, 2.05) is 24.4 Å². The lowest BCUT2D eigenvalue weighted by atomic mass is 9.91. The van der Waals surface area contributed by atoms with E-state index in [2.05, 4.69) is 23.3 Å². The molecule has 0 spiro atoms. The summed E-state index contributed by atoms with van der Waals surface area (Å²) < 4.78 is 5.44. The molecular weight excluding hydrogens is 224 g/mol. The number of aryl methyl sites for hydroxylation is 1. The summed E-state index contributed by atoms with van der Waals surface area (Å²) in [5, 5.41) is 3.62. The van der Waals surface area contributed by atoms with Crippen LogP contribution in [0.4, 0.5) is 0 Å². The third-order valence-electron chi connectivity index (χ3n) is 3.62. The van der Waals surface area contributed by atoms with Crippen molar-refractivity contribution in [3.63, 3.8) is 0 Å². The Balaban J connectivity index is 1.78. The van der Waals surface area contributed by atoms with E-state index in [0.29, 0.717) is 6.04 Å². The van der Waals surface area contributed by atoms with Gasteiger partial charge in [0, 0.05) is 6.20 Å². The zero-order chi connectivity index (χ0) is 12.4. The lowest BCUT2D eigenvalue weighted by Crippen LogP contribution is -2.28. The van der Waals surface area contributed by atoms with Gasteiger partial charge < -0.3 is 4.42 Å². The first-order valence-electron chi connectivity index (χ1n) is 6.58. The average molecular weight is 242 g/mol. The molecular formula is C15H18N2O. The quantitative estimate of drug-likeness (QED) is 0.896. The fourth-order valence-electron chi connectivity index (χ4n) is 2.69. The van der Waals surface area contributed by atoms with Gasteiger partial charge in [-0.3, -0.25) is 10.3 Å². The van der Waals surface area contributed by atoms with Crippen LogP contribution in [-0.2, 0) is 6.42 Å². The minimum absolute atomic E-state index is 0.220. The van der Waals surface area contributed by atoms with E-state index in [9.17, 15) is 0 Å². The van der Waals surface area contributed by atoms with Crippen LogP contribution in [0.2, 0.25) is 0 Å². The average Bonchev–Trinajstić information content (AvgIpc) is 2.93. The third kappa shape index (κ3) is 2.18. The highest BCUT2D eigenvalue weighted by molar-refractivity contribution is 5.25. The fourth-order valence-corrected chi connectivity index (χ4v) is 2.69. The highest BCUT2D eigenvalue weighted by Gasteiger charge is 2.23. The van der Waals surface area contributed by atoms with Gasteiger partial charge in [-0.1, -0.05) is 6.07 Å². The summed E-state index contributed by atoms with van der Waals surface area (Å²) >= 11 is 0. The van der Waals surface area contributed by atoms with Crippen LogP contribution in [0.5, 0.6) is 0 Å². The van der Waals surface area contributed by atoms with E-state index in [0.717, 1.165) is 18.6 Å². The molecule has 3 rings (SSSR count). The minimum atomic E-state index is 0.220. The van der Waals surface area contributed by atoms with Crippen molar-refractivity contribution in [1.29, 1.82) is 0 Å². The standard InChI is InChI=1S/C15H18N2O/c1-11(14-8-4-10-18-14)17-13-7-2-5-12-6-3-9-16-15(12)13/h3-4,6,8-11,13,17H,2,5,7H2,1H3/t11-,13?/m0/s1. The summed E-state index contributed by atoms with van der Waals surface area (Å²) in [6.07, 6.45) is 7.13. The zero-order valence-electron chi connectivity index (χ0n) is 10.6. The summed E-state index contributed by atoms with van der Waals surface area (Å²) in [4.78, 5) is 4.54. The molecule has 94 valence electrons. The van der Waals surface area contributed by atoms with E-state index in [1.165, 1.54) is 17.7 Å². The predicted octanol–water partition coefficient (Wildman–Crippen LogP) is 3.40. The molecule has 0 saturated heterocycles. The molecule has 0 saturated carbocycles. The van der Waals surface area contributed by atoms with Gasteiger partial charge in [0.25, 0.3) is 0 Å². The zero-order valence-corrected chi connectivity index (χ0v) is 10.6. The molecule has 2 aromatic rings. The monoisotopic (exact) mass is 242 g/mol. The maximum Gasteiger partial charge on any atom is 0.120 e. The van der Waals surface area contributed by atoms with Gasteiger partial charge in [-0.15, -0.1) is 0 Å². The number of aromatic nitrogens is 1. The molecule has 3 nitrogen and oxygen atoms in total. The Hall–Kier alpha value is -1.61. The summed E-state index contributed by atoms with van der Waals surface area (Å²) in [5.74, 6) is 0.984. The third-order valence-corrected chi connectivity index (χ3v) is 3.62. The Morgan fingerprint density at radius 2 is 2.33 bits per heavy atom. The maximum atomic E-state index is 5.44. The first-order chi connectivity index (χ1) is 8.84. The number of furan rings is 1. The van der Waals surface area contributed by atoms with Crippen molar-refractivity contribution in [2.45, 2.75) is 38.3 Å². The van der Waals surface area contributed by atoms with Gasteiger partial charge in [-0.25, -0.2) is 0 Å². The van der Waals surface area contributed by atoms with Crippen LogP contribution in [0.25, 0.3) is 0 Å². The first kappa shape index (κ1) is 11.5. The van der Waals surface area contributed by atoms with Crippen molar-refractivity contribution in [1.82, 2.24) is 10.3 Å². The van der Waals surface area contributed by atoms with Crippen molar-refractivity contribution < 1.29 is 4.42 Å². The van der Waals surface area contributed by atoms with Crippen molar-refractivity contribution in [3.05, 3.63) is 53.7 Å². The molecule has 1 aliphatic carbocycles. The van der Waals surface area contributed by atoms with E-state index in [4.69, 9.17) is 4.42 Å². The van der Waals surface area contributed by atoms with E-state index in [1.54, 1.807) is 6.26 Å².